The molecular weight excluding hydrogens is 252 g/mol. The van der Waals surface area contributed by atoms with Gasteiger partial charge in [-0.3, -0.25) is 9.59 Å². The van der Waals surface area contributed by atoms with E-state index in [1.807, 2.05) is 19.9 Å². The maximum atomic E-state index is 11.8. The topological polar surface area (TPSA) is 67.4 Å². The van der Waals surface area contributed by atoms with Crippen LogP contribution in [0.25, 0.3) is 0 Å². The Balaban J connectivity index is 2.37. The highest BCUT2D eigenvalue weighted by Gasteiger charge is 2.12. The standard InChI is InChI=1S/C12H18N2O3S/c1-8-6-10(9(2)18-8)12(16)14-7-11(15)13-4-5-17-3/h6H,4-5,7H2,1-3H3,(H,13,15)(H,14,16). The minimum atomic E-state index is -0.218. The highest BCUT2D eigenvalue weighted by atomic mass is 32.1. The number of methoxy groups -OCH3 is 1. The van der Waals surface area contributed by atoms with Crippen LogP contribution in [0.5, 0.6) is 0 Å². The SMILES string of the molecule is COCCNC(=O)CNC(=O)c1cc(C)sc1C. The van der Waals surface area contributed by atoms with E-state index in [9.17, 15) is 9.59 Å². The smallest absolute Gasteiger partial charge is 0.252 e. The summed E-state index contributed by atoms with van der Waals surface area (Å²) < 4.78 is 4.80. The third kappa shape index (κ3) is 4.46. The summed E-state index contributed by atoms with van der Waals surface area (Å²) in [6, 6.07) is 1.83. The molecule has 0 atom stereocenters. The fraction of sp³-hybridized carbons (Fsp3) is 0.500. The number of rotatable bonds is 6. The van der Waals surface area contributed by atoms with Crippen molar-refractivity contribution in [2.24, 2.45) is 0 Å². The average molecular weight is 270 g/mol. The minimum Gasteiger partial charge on any atom is -0.383 e. The van der Waals surface area contributed by atoms with Crippen molar-refractivity contribution in [3.8, 4) is 0 Å². The van der Waals surface area contributed by atoms with Crippen LogP contribution in [-0.2, 0) is 9.53 Å². The summed E-state index contributed by atoms with van der Waals surface area (Å²) in [4.78, 5) is 25.2. The molecule has 2 amide bonds. The molecule has 100 valence electrons. The fourth-order valence-corrected chi connectivity index (χ4v) is 2.39. The van der Waals surface area contributed by atoms with Gasteiger partial charge in [-0.1, -0.05) is 0 Å². The van der Waals surface area contributed by atoms with Crippen LogP contribution in [0, 0.1) is 13.8 Å². The molecule has 0 saturated heterocycles. The predicted molar refractivity (Wildman–Crippen MR) is 71.0 cm³/mol. The number of aryl methyl sites for hydroxylation is 2. The first kappa shape index (κ1) is 14.7. The number of carbonyl (C=O) groups excluding carboxylic acids is 2. The molecule has 0 aliphatic heterocycles. The van der Waals surface area contributed by atoms with Crippen LogP contribution in [0.1, 0.15) is 20.1 Å². The molecule has 0 saturated carbocycles. The lowest BCUT2D eigenvalue weighted by molar-refractivity contribution is -0.120. The van der Waals surface area contributed by atoms with E-state index in [-0.39, 0.29) is 18.4 Å². The van der Waals surface area contributed by atoms with E-state index in [0.717, 1.165) is 9.75 Å². The van der Waals surface area contributed by atoms with Crippen molar-refractivity contribution >= 4 is 23.2 Å². The maximum absolute atomic E-state index is 11.8. The van der Waals surface area contributed by atoms with Crippen LogP contribution in [0.3, 0.4) is 0 Å². The van der Waals surface area contributed by atoms with Gasteiger partial charge in [-0.25, -0.2) is 0 Å². The van der Waals surface area contributed by atoms with E-state index in [4.69, 9.17) is 4.74 Å². The highest BCUT2D eigenvalue weighted by molar-refractivity contribution is 7.12. The third-order valence-electron chi connectivity index (χ3n) is 2.32. The molecule has 1 aromatic heterocycles. The zero-order valence-corrected chi connectivity index (χ0v) is 11.6. The maximum Gasteiger partial charge on any atom is 0.252 e. The molecule has 0 fully saturated rings. The summed E-state index contributed by atoms with van der Waals surface area (Å²) in [5, 5.41) is 5.23. The molecule has 0 unspecified atom stereocenters. The summed E-state index contributed by atoms with van der Waals surface area (Å²) in [5.74, 6) is -0.427. The van der Waals surface area contributed by atoms with E-state index in [1.54, 1.807) is 18.4 Å². The van der Waals surface area contributed by atoms with Crippen molar-refractivity contribution < 1.29 is 14.3 Å². The van der Waals surface area contributed by atoms with Gasteiger partial charge in [-0.05, 0) is 19.9 Å². The Labute approximate surface area is 111 Å². The number of hydrogen-bond donors (Lipinski definition) is 2. The van der Waals surface area contributed by atoms with Crippen LogP contribution in [0.2, 0.25) is 0 Å². The molecule has 18 heavy (non-hydrogen) atoms. The predicted octanol–water partition coefficient (Wildman–Crippen LogP) is 0.857. The van der Waals surface area contributed by atoms with E-state index in [2.05, 4.69) is 10.6 Å². The van der Waals surface area contributed by atoms with Gasteiger partial charge in [0.1, 0.15) is 0 Å². The Morgan fingerprint density at radius 3 is 2.61 bits per heavy atom. The molecule has 0 radical (unpaired) electrons. The lowest BCUT2D eigenvalue weighted by Crippen LogP contribution is -2.38. The Morgan fingerprint density at radius 2 is 2.06 bits per heavy atom. The van der Waals surface area contributed by atoms with E-state index < -0.39 is 0 Å². The number of hydrogen-bond acceptors (Lipinski definition) is 4. The first-order valence-corrected chi connectivity index (χ1v) is 6.47. The molecule has 5 nitrogen and oxygen atoms in total. The van der Waals surface area contributed by atoms with Crippen LogP contribution in [0.4, 0.5) is 0 Å². The normalized spacial score (nSPS) is 10.2. The lowest BCUT2D eigenvalue weighted by Gasteiger charge is -2.06. The summed E-state index contributed by atoms with van der Waals surface area (Å²) in [6.07, 6.45) is 0. The monoisotopic (exact) mass is 270 g/mol. The zero-order valence-electron chi connectivity index (χ0n) is 10.8. The van der Waals surface area contributed by atoms with E-state index >= 15 is 0 Å². The van der Waals surface area contributed by atoms with Gasteiger partial charge in [-0.2, -0.15) is 0 Å². The van der Waals surface area contributed by atoms with Gasteiger partial charge in [-0.15, -0.1) is 11.3 Å². The molecule has 0 aliphatic carbocycles. The first-order chi connectivity index (χ1) is 8.54. The lowest BCUT2D eigenvalue weighted by atomic mass is 10.2. The van der Waals surface area contributed by atoms with Gasteiger partial charge in [0.05, 0.1) is 18.7 Å². The fourth-order valence-electron chi connectivity index (χ4n) is 1.47. The van der Waals surface area contributed by atoms with Gasteiger partial charge in [0.25, 0.3) is 5.91 Å². The number of thiophene rings is 1. The quantitative estimate of drug-likeness (QED) is 0.753. The van der Waals surface area contributed by atoms with Crippen molar-refractivity contribution in [2.45, 2.75) is 13.8 Å². The third-order valence-corrected chi connectivity index (χ3v) is 3.29. The van der Waals surface area contributed by atoms with Crippen molar-refractivity contribution in [3.05, 3.63) is 21.4 Å². The average Bonchev–Trinajstić information content (AvgIpc) is 2.66. The highest BCUT2D eigenvalue weighted by Crippen LogP contribution is 2.20. The van der Waals surface area contributed by atoms with Gasteiger partial charge >= 0.3 is 0 Å². The van der Waals surface area contributed by atoms with Crippen molar-refractivity contribution in [2.75, 3.05) is 26.8 Å². The number of amides is 2. The van der Waals surface area contributed by atoms with Gasteiger partial charge in [0.15, 0.2) is 0 Å². The number of carbonyl (C=O) groups is 2. The number of ether oxygens (including phenoxy) is 1. The summed E-state index contributed by atoms with van der Waals surface area (Å²) in [5.41, 5.74) is 0.641. The molecule has 0 bridgehead atoms. The first-order valence-electron chi connectivity index (χ1n) is 5.65. The molecule has 1 aromatic rings. The van der Waals surface area contributed by atoms with Gasteiger partial charge in [0, 0.05) is 23.4 Å². The Bertz CT molecular complexity index is 429. The molecule has 0 aliphatic rings. The Kier molecular flexibility index (Phi) is 5.80. The van der Waals surface area contributed by atoms with E-state index in [1.165, 1.54) is 0 Å². The van der Waals surface area contributed by atoms with Gasteiger partial charge in [0.2, 0.25) is 5.91 Å². The Hall–Kier alpha value is -1.40. The van der Waals surface area contributed by atoms with E-state index in [0.29, 0.717) is 18.7 Å². The van der Waals surface area contributed by atoms with Crippen LogP contribution in [0.15, 0.2) is 6.07 Å². The summed E-state index contributed by atoms with van der Waals surface area (Å²) >= 11 is 1.57. The molecule has 0 spiro atoms. The molecule has 1 rings (SSSR count). The van der Waals surface area contributed by atoms with Crippen molar-refractivity contribution in [1.29, 1.82) is 0 Å². The summed E-state index contributed by atoms with van der Waals surface area (Å²) in [6.45, 7) is 4.73. The second-order valence-corrected chi connectivity index (χ2v) is 5.31. The largest absolute Gasteiger partial charge is 0.383 e. The molecule has 6 heteroatoms. The van der Waals surface area contributed by atoms with Crippen molar-refractivity contribution in [3.63, 3.8) is 0 Å². The summed E-state index contributed by atoms with van der Waals surface area (Å²) in [7, 11) is 1.57. The Morgan fingerprint density at radius 1 is 1.33 bits per heavy atom. The van der Waals surface area contributed by atoms with Crippen LogP contribution < -0.4 is 10.6 Å². The van der Waals surface area contributed by atoms with Gasteiger partial charge < -0.3 is 15.4 Å². The molecule has 1 heterocycles. The second kappa shape index (κ2) is 7.13. The molecule has 2 N–H and O–H groups in total. The second-order valence-electron chi connectivity index (χ2n) is 3.85. The molecular formula is C12H18N2O3S. The van der Waals surface area contributed by atoms with Crippen LogP contribution in [-0.4, -0.2) is 38.6 Å². The minimum absolute atomic E-state index is 0.0170. The van der Waals surface area contributed by atoms with Crippen LogP contribution >= 0.6 is 11.3 Å². The molecule has 0 aromatic carbocycles. The zero-order chi connectivity index (χ0) is 13.5. The number of nitrogens with one attached hydrogen (secondary N) is 2. The van der Waals surface area contributed by atoms with Crippen molar-refractivity contribution in [1.82, 2.24) is 10.6 Å².